The quantitative estimate of drug-likeness (QED) is 0.784. The first-order valence-electron chi connectivity index (χ1n) is 8.53. The summed E-state index contributed by atoms with van der Waals surface area (Å²) in [4.78, 5) is 11.7. The fourth-order valence-electron chi connectivity index (χ4n) is 4.11. The van der Waals surface area contributed by atoms with Crippen LogP contribution in [0.1, 0.15) is 43.7 Å². The zero-order valence-electron chi connectivity index (χ0n) is 14.0. The van der Waals surface area contributed by atoms with E-state index in [2.05, 4.69) is 5.32 Å². The van der Waals surface area contributed by atoms with Gasteiger partial charge in [0, 0.05) is 10.7 Å². The van der Waals surface area contributed by atoms with E-state index < -0.39 is 23.5 Å². The predicted molar refractivity (Wildman–Crippen MR) is 91.9 cm³/mol. The van der Waals surface area contributed by atoms with Crippen molar-refractivity contribution in [2.45, 2.75) is 61.9 Å². The van der Waals surface area contributed by atoms with Crippen LogP contribution in [0.3, 0.4) is 0 Å². The molecule has 3 unspecified atom stereocenters. The molecule has 2 aliphatic rings. The van der Waals surface area contributed by atoms with Crippen LogP contribution in [0.25, 0.3) is 0 Å². The summed E-state index contributed by atoms with van der Waals surface area (Å²) in [6.07, 6.45) is -0.684. The second-order valence-electron chi connectivity index (χ2n) is 7.13. The second-order valence-corrected chi connectivity index (χ2v) is 8.48. The van der Waals surface area contributed by atoms with E-state index in [1.807, 2.05) is 13.0 Å². The van der Waals surface area contributed by atoms with E-state index in [1.54, 1.807) is 23.9 Å². The van der Waals surface area contributed by atoms with Crippen molar-refractivity contribution in [1.29, 1.82) is 0 Å². The molecule has 1 aliphatic carbocycles. The third-order valence-electron chi connectivity index (χ3n) is 5.40. The minimum Gasteiger partial charge on any atom is -0.508 e. The van der Waals surface area contributed by atoms with Gasteiger partial charge in [-0.2, -0.15) is 24.9 Å². The van der Waals surface area contributed by atoms with Crippen molar-refractivity contribution >= 4 is 17.7 Å². The summed E-state index contributed by atoms with van der Waals surface area (Å²) in [7, 11) is 0. The van der Waals surface area contributed by atoms with Gasteiger partial charge in [0.1, 0.15) is 5.75 Å². The molecule has 1 aromatic carbocycles. The maximum absolute atomic E-state index is 12.9. The number of hydrogen-bond donors (Lipinski definition) is 2. The van der Waals surface area contributed by atoms with E-state index in [-0.39, 0.29) is 11.0 Å². The summed E-state index contributed by atoms with van der Waals surface area (Å²) < 4.78 is 38.6. The van der Waals surface area contributed by atoms with Crippen LogP contribution in [0, 0.1) is 0 Å². The number of carbonyl (C=O) groups is 1. The summed E-state index contributed by atoms with van der Waals surface area (Å²) >= 11 is 1.65. The number of fused-ring (bicyclic) bond motifs is 4. The Morgan fingerprint density at radius 2 is 2.08 bits per heavy atom. The number of nitrogens with one attached hydrogen (secondary N) is 1. The van der Waals surface area contributed by atoms with E-state index >= 15 is 0 Å². The highest BCUT2D eigenvalue weighted by atomic mass is 32.2. The number of benzene rings is 1. The SMILES string of the molecule is CC12CCCCCSC(Cc3ccc(O)cc31)C2NC(=O)C(F)(F)F. The standard InChI is InChI=1S/C18H22F3NO2S/c1-17-7-3-2-4-8-25-14(15(17)22-16(24)18(19,20)21)9-11-5-6-12(23)10-13(11)17/h5-6,10,14-15,23H,2-4,7-9H2,1H3,(H,22,24). The summed E-state index contributed by atoms with van der Waals surface area (Å²) in [6, 6.07) is 4.52. The predicted octanol–water partition coefficient (Wildman–Crippen LogP) is 3.93. The minimum atomic E-state index is -4.89. The van der Waals surface area contributed by atoms with E-state index in [4.69, 9.17) is 0 Å². The minimum absolute atomic E-state index is 0.104. The third-order valence-corrected chi connectivity index (χ3v) is 6.80. The normalized spacial score (nSPS) is 29.8. The van der Waals surface area contributed by atoms with Gasteiger partial charge in [-0.25, -0.2) is 0 Å². The van der Waals surface area contributed by atoms with Crippen LogP contribution in [-0.4, -0.2) is 34.2 Å². The van der Waals surface area contributed by atoms with Crippen molar-refractivity contribution in [1.82, 2.24) is 5.32 Å². The van der Waals surface area contributed by atoms with Crippen LogP contribution in [-0.2, 0) is 16.6 Å². The van der Waals surface area contributed by atoms with Gasteiger partial charge in [-0.3, -0.25) is 4.79 Å². The van der Waals surface area contributed by atoms with Gasteiger partial charge < -0.3 is 10.4 Å². The summed E-state index contributed by atoms with van der Waals surface area (Å²) in [5.41, 5.74) is 1.28. The maximum Gasteiger partial charge on any atom is 0.471 e. The third kappa shape index (κ3) is 3.61. The monoisotopic (exact) mass is 373 g/mol. The van der Waals surface area contributed by atoms with Crippen LogP contribution in [0.4, 0.5) is 13.2 Å². The molecule has 7 heteroatoms. The molecule has 0 aromatic heterocycles. The molecule has 1 amide bonds. The second kappa shape index (κ2) is 6.74. The Bertz CT molecular complexity index is 664. The van der Waals surface area contributed by atoms with Crippen LogP contribution >= 0.6 is 11.8 Å². The van der Waals surface area contributed by atoms with Crippen molar-refractivity contribution in [3.8, 4) is 5.75 Å². The van der Waals surface area contributed by atoms with Crippen molar-refractivity contribution < 1.29 is 23.1 Å². The lowest BCUT2D eigenvalue weighted by Crippen LogP contribution is -2.59. The number of aromatic hydroxyl groups is 1. The maximum atomic E-state index is 12.9. The largest absolute Gasteiger partial charge is 0.508 e. The number of alkyl halides is 3. The molecule has 1 aliphatic heterocycles. The van der Waals surface area contributed by atoms with Gasteiger partial charge in [-0.05, 0) is 48.3 Å². The van der Waals surface area contributed by atoms with Gasteiger partial charge in [0.15, 0.2) is 0 Å². The summed E-state index contributed by atoms with van der Waals surface area (Å²) in [5.74, 6) is -0.893. The van der Waals surface area contributed by atoms with Gasteiger partial charge in [0.2, 0.25) is 0 Å². The van der Waals surface area contributed by atoms with Gasteiger partial charge in [-0.15, -0.1) is 0 Å². The Labute approximate surface area is 149 Å². The number of amides is 1. The number of halogens is 3. The average molecular weight is 373 g/mol. The van der Waals surface area contributed by atoms with Crippen molar-refractivity contribution in [2.24, 2.45) is 0 Å². The average Bonchev–Trinajstić information content (AvgIpc) is 2.58. The summed E-state index contributed by atoms with van der Waals surface area (Å²) in [5, 5.41) is 12.1. The van der Waals surface area contributed by atoms with Crippen LogP contribution < -0.4 is 5.32 Å². The Balaban J connectivity index is 2.05. The molecule has 1 aromatic rings. The fraction of sp³-hybridized carbons (Fsp3) is 0.611. The molecule has 1 saturated heterocycles. The smallest absolute Gasteiger partial charge is 0.471 e. The number of hydrogen-bond acceptors (Lipinski definition) is 3. The topological polar surface area (TPSA) is 49.3 Å². The highest BCUT2D eigenvalue weighted by Crippen LogP contribution is 2.46. The highest BCUT2D eigenvalue weighted by Gasteiger charge is 2.49. The number of phenolic OH excluding ortho intramolecular Hbond substituents is 1. The molecule has 25 heavy (non-hydrogen) atoms. The Kier molecular flexibility index (Phi) is 4.97. The molecule has 3 nitrogen and oxygen atoms in total. The van der Waals surface area contributed by atoms with Crippen molar-refractivity contribution in [3.63, 3.8) is 0 Å². The Morgan fingerprint density at radius 1 is 1.32 bits per heavy atom. The van der Waals surface area contributed by atoms with Crippen molar-refractivity contribution in [3.05, 3.63) is 29.3 Å². The van der Waals surface area contributed by atoms with Gasteiger partial charge >= 0.3 is 12.1 Å². The molecule has 138 valence electrons. The molecule has 1 fully saturated rings. The first kappa shape index (κ1) is 18.4. The van der Waals surface area contributed by atoms with Crippen LogP contribution in [0.15, 0.2) is 18.2 Å². The first-order valence-corrected chi connectivity index (χ1v) is 9.58. The Hall–Kier alpha value is -1.37. The van der Waals surface area contributed by atoms with Crippen LogP contribution in [0.2, 0.25) is 0 Å². The van der Waals surface area contributed by atoms with E-state index in [0.29, 0.717) is 12.8 Å². The van der Waals surface area contributed by atoms with Gasteiger partial charge in [0.05, 0.1) is 6.04 Å². The zero-order valence-corrected chi connectivity index (χ0v) is 14.8. The van der Waals surface area contributed by atoms with Gasteiger partial charge in [0.25, 0.3) is 0 Å². The van der Waals surface area contributed by atoms with Gasteiger partial charge in [-0.1, -0.05) is 25.8 Å². The molecule has 0 spiro atoms. The Morgan fingerprint density at radius 3 is 2.80 bits per heavy atom. The first-order chi connectivity index (χ1) is 11.7. The number of thioether (sulfide) groups is 1. The van der Waals surface area contributed by atoms with Crippen LogP contribution in [0.5, 0.6) is 5.75 Å². The molecular weight excluding hydrogens is 351 g/mol. The van der Waals surface area contributed by atoms with Crippen molar-refractivity contribution in [2.75, 3.05) is 5.75 Å². The lowest BCUT2D eigenvalue weighted by atomic mass is 9.65. The lowest BCUT2D eigenvalue weighted by molar-refractivity contribution is -0.175. The zero-order chi connectivity index (χ0) is 18.2. The number of carbonyl (C=O) groups excluding carboxylic acids is 1. The fourth-order valence-corrected chi connectivity index (χ4v) is 5.64. The molecule has 2 bridgehead atoms. The lowest BCUT2D eigenvalue weighted by Gasteiger charge is -2.47. The molecule has 1 heterocycles. The van der Waals surface area contributed by atoms with E-state index in [0.717, 1.165) is 36.1 Å². The molecular formula is C18H22F3NO2S. The molecule has 3 atom stereocenters. The number of phenols is 1. The highest BCUT2D eigenvalue weighted by molar-refractivity contribution is 7.99. The molecule has 0 saturated carbocycles. The molecule has 0 radical (unpaired) electrons. The van der Waals surface area contributed by atoms with E-state index in [1.165, 1.54) is 0 Å². The molecule has 3 rings (SSSR count). The van der Waals surface area contributed by atoms with E-state index in [9.17, 15) is 23.1 Å². The summed E-state index contributed by atoms with van der Waals surface area (Å²) in [6.45, 7) is 1.92. The number of rotatable bonds is 1. The molecule has 2 N–H and O–H groups in total.